The van der Waals surface area contributed by atoms with Crippen LogP contribution in [0.25, 0.3) is 0 Å². The molecule has 0 aromatic carbocycles. The highest BCUT2D eigenvalue weighted by Crippen LogP contribution is 2.22. The number of nitrogens with one attached hydrogen (secondary N) is 1. The fourth-order valence-corrected chi connectivity index (χ4v) is 2.89. The van der Waals surface area contributed by atoms with Gasteiger partial charge in [0.2, 0.25) is 5.88 Å². The van der Waals surface area contributed by atoms with Gasteiger partial charge in [-0.25, -0.2) is 9.78 Å². The highest BCUT2D eigenvalue weighted by atomic mass is 16.5. The van der Waals surface area contributed by atoms with Crippen LogP contribution in [0, 0.1) is 11.8 Å². The van der Waals surface area contributed by atoms with E-state index in [1.54, 1.807) is 24.3 Å². The first-order valence-corrected chi connectivity index (χ1v) is 8.32. The molecule has 2 N–H and O–H groups in total. The Bertz CT molecular complexity index is 595. The lowest BCUT2D eigenvalue weighted by Gasteiger charge is -2.34. The minimum Gasteiger partial charge on any atom is -0.481 e. The van der Waals surface area contributed by atoms with Gasteiger partial charge in [-0.3, -0.25) is 4.79 Å². The summed E-state index contributed by atoms with van der Waals surface area (Å²) in [6, 6.07) is 3.33. The molecule has 2 atom stereocenters. The number of carboxylic acids is 1. The van der Waals surface area contributed by atoms with Gasteiger partial charge in [-0.2, -0.15) is 0 Å². The number of nitrogens with zero attached hydrogens (tertiary/aromatic N) is 2. The number of carbonyl (C=O) groups excluding carboxylic acids is 1. The lowest BCUT2D eigenvalue weighted by molar-refractivity contribution is -0.143. The number of amides is 2. The standard InChI is InChI=1S/C17H25N3O5/c1-12-8-14(16(21)22)11-20(10-12)17(23)19-9-13-4-3-5-18-15(13)25-7-6-24-2/h3-5,12,14H,6-11H2,1-2H3,(H,19,23)(H,21,22). The molecular weight excluding hydrogens is 326 g/mol. The summed E-state index contributed by atoms with van der Waals surface area (Å²) in [5.41, 5.74) is 0.756. The quantitative estimate of drug-likeness (QED) is 0.719. The molecule has 0 aliphatic carbocycles. The zero-order chi connectivity index (χ0) is 18.2. The Morgan fingerprint density at radius 3 is 2.92 bits per heavy atom. The van der Waals surface area contributed by atoms with Gasteiger partial charge in [0, 0.05) is 38.5 Å². The smallest absolute Gasteiger partial charge is 0.317 e. The molecule has 1 saturated heterocycles. The minimum atomic E-state index is -0.856. The maximum absolute atomic E-state index is 12.4. The summed E-state index contributed by atoms with van der Waals surface area (Å²) >= 11 is 0. The van der Waals surface area contributed by atoms with Crippen LogP contribution in [0.2, 0.25) is 0 Å². The Balaban J connectivity index is 1.92. The number of rotatable bonds is 7. The highest BCUT2D eigenvalue weighted by molar-refractivity contribution is 5.76. The second-order valence-corrected chi connectivity index (χ2v) is 6.25. The van der Waals surface area contributed by atoms with Gasteiger partial charge in [0.1, 0.15) is 6.61 Å². The molecule has 25 heavy (non-hydrogen) atoms. The number of piperidine rings is 1. The number of carboxylic acid groups (broad SMARTS) is 1. The molecule has 8 nitrogen and oxygen atoms in total. The van der Waals surface area contributed by atoms with E-state index < -0.39 is 11.9 Å². The van der Waals surface area contributed by atoms with E-state index >= 15 is 0 Å². The Morgan fingerprint density at radius 2 is 2.20 bits per heavy atom. The first kappa shape index (κ1) is 19.0. The number of likely N-dealkylation sites (tertiary alicyclic amines) is 1. The van der Waals surface area contributed by atoms with Crippen LogP contribution in [-0.4, -0.2) is 60.4 Å². The molecule has 1 aromatic rings. The normalized spacial score (nSPS) is 20.2. The van der Waals surface area contributed by atoms with Crippen molar-refractivity contribution in [1.82, 2.24) is 15.2 Å². The Morgan fingerprint density at radius 1 is 1.40 bits per heavy atom. The highest BCUT2D eigenvalue weighted by Gasteiger charge is 2.31. The number of pyridine rings is 1. The van der Waals surface area contributed by atoms with Crippen LogP contribution in [0.3, 0.4) is 0 Å². The molecule has 1 aliphatic rings. The maximum Gasteiger partial charge on any atom is 0.317 e. The molecule has 138 valence electrons. The predicted octanol–water partition coefficient (Wildman–Crippen LogP) is 1.36. The second-order valence-electron chi connectivity index (χ2n) is 6.25. The van der Waals surface area contributed by atoms with Crippen molar-refractivity contribution in [3.63, 3.8) is 0 Å². The molecule has 0 spiro atoms. The number of urea groups is 1. The Hall–Kier alpha value is -2.35. The van der Waals surface area contributed by atoms with Gasteiger partial charge < -0.3 is 24.8 Å². The third-order valence-corrected chi connectivity index (χ3v) is 4.10. The van der Waals surface area contributed by atoms with E-state index in [9.17, 15) is 14.7 Å². The molecule has 1 fully saturated rings. The van der Waals surface area contributed by atoms with Crippen LogP contribution in [-0.2, 0) is 16.1 Å². The lowest BCUT2D eigenvalue weighted by atomic mass is 9.91. The van der Waals surface area contributed by atoms with E-state index in [0.29, 0.717) is 32.1 Å². The summed E-state index contributed by atoms with van der Waals surface area (Å²) in [4.78, 5) is 29.4. The largest absolute Gasteiger partial charge is 0.481 e. The van der Waals surface area contributed by atoms with Crippen molar-refractivity contribution in [1.29, 1.82) is 0 Å². The fourth-order valence-electron chi connectivity index (χ4n) is 2.89. The summed E-state index contributed by atoms with van der Waals surface area (Å²) in [5.74, 6) is -0.756. The van der Waals surface area contributed by atoms with Gasteiger partial charge in [0.05, 0.1) is 12.5 Å². The molecule has 2 unspecified atom stereocenters. The molecule has 8 heteroatoms. The zero-order valence-electron chi connectivity index (χ0n) is 14.6. The van der Waals surface area contributed by atoms with Crippen molar-refractivity contribution in [2.24, 2.45) is 11.8 Å². The first-order chi connectivity index (χ1) is 12.0. The predicted molar refractivity (Wildman–Crippen MR) is 90.3 cm³/mol. The molecular formula is C17H25N3O5. The van der Waals surface area contributed by atoms with Gasteiger partial charge in [-0.1, -0.05) is 13.0 Å². The summed E-state index contributed by atoms with van der Waals surface area (Å²) in [6.07, 6.45) is 2.22. The minimum absolute atomic E-state index is 0.159. The van der Waals surface area contributed by atoms with Crippen LogP contribution >= 0.6 is 0 Å². The van der Waals surface area contributed by atoms with Crippen molar-refractivity contribution >= 4 is 12.0 Å². The SMILES string of the molecule is COCCOc1ncccc1CNC(=O)N1CC(C)CC(C(=O)O)C1. The van der Waals surface area contributed by atoms with Crippen LogP contribution in [0.4, 0.5) is 4.79 Å². The molecule has 2 heterocycles. The number of methoxy groups -OCH3 is 1. The molecule has 1 aromatic heterocycles. The average Bonchev–Trinajstić information content (AvgIpc) is 2.60. The molecule has 0 radical (unpaired) electrons. The van der Waals surface area contributed by atoms with Crippen molar-refractivity contribution in [3.8, 4) is 5.88 Å². The van der Waals surface area contributed by atoms with E-state index in [0.717, 1.165) is 5.56 Å². The van der Waals surface area contributed by atoms with Crippen LogP contribution in [0.5, 0.6) is 5.88 Å². The molecule has 2 amide bonds. The number of carbonyl (C=O) groups is 2. The average molecular weight is 351 g/mol. The topological polar surface area (TPSA) is 101 Å². The third-order valence-electron chi connectivity index (χ3n) is 4.10. The molecule has 1 aliphatic heterocycles. The van der Waals surface area contributed by atoms with Crippen LogP contribution in [0.15, 0.2) is 18.3 Å². The lowest BCUT2D eigenvalue weighted by Crippen LogP contribution is -2.49. The van der Waals surface area contributed by atoms with Crippen molar-refractivity contribution in [2.75, 3.05) is 33.4 Å². The molecule has 0 bridgehead atoms. The molecule has 0 saturated carbocycles. The third kappa shape index (κ3) is 5.60. The van der Waals surface area contributed by atoms with E-state index in [2.05, 4.69) is 10.3 Å². The van der Waals surface area contributed by atoms with Crippen LogP contribution < -0.4 is 10.1 Å². The monoisotopic (exact) mass is 351 g/mol. The number of ether oxygens (including phenoxy) is 2. The van der Waals surface area contributed by atoms with E-state index in [1.165, 1.54) is 0 Å². The number of hydrogen-bond donors (Lipinski definition) is 2. The van der Waals surface area contributed by atoms with Crippen LogP contribution in [0.1, 0.15) is 18.9 Å². The van der Waals surface area contributed by atoms with Crippen molar-refractivity contribution < 1.29 is 24.2 Å². The van der Waals surface area contributed by atoms with Crippen molar-refractivity contribution in [2.45, 2.75) is 19.9 Å². The molecule has 2 rings (SSSR count). The number of aliphatic carboxylic acids is 1. The zero-order valence-corrected chi connectivity index (χ0v) is 14.6. The van der Waals surface area contributed by atoms with Gasteiger partial charge >= 0.3 is 12.0 Å². The van der Waals surface area contributed by atoms with E-state index in [1.807, 2.05) is 13.0 Å². The van der Waals surface area contributed by atoms with Gasteiger partial charge in [-0.15, -0.1) is 0 Å². The summed E-state index contributed by atoms with van der Waals surface area (Å²) in [7, 11) is 1.59. The Labute approximate surface area is 147 Å². The van der Waals surface area contributed by atoms with E-state index in [-0.39, 0.29) is 25.0 Å². The van der Waals surface area contributed by atoms with E-state index in [4.69, 9.17) is 9.47 Å². The second kappa shape index (κ2) is 9.22. The number of aromatic nitrogens is 1. The number of hydrogen-bond acceptors (Lipinski definition) is 5. The fraction of sp³-hybridized carbons (Fsp3) is 0.588. The van der Waals surface area contributed by atoms with Crippen molar-refractivity contribution in [3.05, 3.63) is 23.9 Å². The summed E-state index contributed by atoms with van der Waals surface area (Å²) < 4.78 is 10.5. The van der Waals surface area contributed by atoms with Gasteiger partial charge in [0.15, 0.2) is 0 Å². The van der Waals surface area contributed by atoms with Gasteiger partial charge in [-0.05, 0) is 18.4 Å². The summed E-state index contributed by atoms with van der Waals surface area (Å²) in [6.45, 7) is 3.83. The Kier molecular flexibility index (Phi) is 7.00. The summed E-state index contributed by atoms with van der Waals surface area (Å²) in [5, 5.41) is 12.0. The van der Waals surface area contributed by atoms with Gasteiger partial charge in [0.25, 0.3) is 0 Å². The first-order valence-electron chi connectivity index (χ1n) is 8.32. The maximum atomic E-state index is 12.4.